The minimum Gasteiger partial charge on any atom is -0.444 e. The normalized spacial score (nSPS) is 16.2. The largest absolute Gasteiger partial charge is 0.444 e. The molecule has 1 aliphatic carbocycles. The summed E-state index contributed by atoms with van der Waals surface area (Å²) in [6.07, 6.45) is 3.57. The van der Waals surface area contributed by atoms with Gasteiger partial charge in [-0.25, -0.2) is 4.79 Å². The molecule has 0 saturated heterocycles. The molecule has 1 fully saturated rings. The van der Waals surface area contributed by atoms with Crippen LogP contribution in [0.3, 0.4) is 0 Å². The summed E-state index contributed by atoms with van der Waals surface area (Å²) in [6, 6.07) is 8.22. The Kier molecular flexibility index (Phi) is 4.76. The van der Waals surface area contributed by atoms with Crippen LogP contribution in [-0.2, 0) is 4.74 Å². The van der Waals surface area contributed by atoms with Crippen molar-refractivity contribution in [3.05, 3.63) is 24.3 Å². The molecule has 0 aromatic heterocycles. The van der Waals surface area contributed by atoms with Crippen LogP contribution in [0.1, 0.15) is 47.0 Å². The van der Waals surface area contributed by atoms with Gasteiger partial charge < -0.3 is 10.1 Å². The van der Waals surface area contributed by atoms with E-state index in [9.17, 15) is 4.79 Å². The van der Waals surface area contributed by atoms with Crippen molar-refractivity contribution in [1.29, 1.82) is 0 Å². The summed E-state index contributed by atoms with van der Waals surface area (Å²) in [5.41, 5.74) is 1.34. The number of benzene rings is 1. The van der Waals surface area contributed by atoms with E-state index in [-0.39, 0.29) is 0 Å². The van der Waals surface area contributed by atoms with Gasteiger partial charge in [0.05, 0.1) is 0 Å². The summed E-state index contributed by atoms with van der Waals surface area (Å²) in [7, 11) is 0. The van der Waals surface area contributed by atoms with Crippen molar-refractivity contribution in [2.75, 3.05) is 10.6 Å². The van der Waals surface area contributed by atoms with Crippen LogP contribution < -0.4 is 10.6 Å². The van der Waals surface area contributed by atoms with Crippen LogP contribution in [0, 0.1) is 5.92 Å². The van der Waals surface area contributed by atoms with Gasteiger partial charge in [-0.15, -0.1) is 0 Å². The second-order valence-corrected chi connectivity index (χ2v) is 6.93. The third-order valence-electron chi connectivity index (χ3n) is 3.33. The summed E-state index contributed by atoms with van der Waals surface area (Å²) in [4.78, 5) is 11.7. The van der Waals surface area contributed by atoms with Gasteiger partial charge in [0.25, 0.3) is 0 Å². The molecule has 1 saturated carbocycles. The predicted octanol–water partition coefficient (Wildman–Crippen LogP) is 4.63. The van der Waals surface area contributed by atoms with E-state index in [0.29, 0.717) is 6.04 Å². The first-order valence-corrected chi connectivity index (χ1v) is 7.68. The highest BCUT2D eigenvalue weighted by molar-refractivity contribution is 5.85. The predicted molar refractivity (Wildman–Crippen MR) is 86.7 cm³/mol. The van der Waals surface area contributed by atoms with Gasteiger partial charge in [0.15, 0.2) is 0 Å². The molecule has 1 amide bonds. The van der Waals surface area contributed by atoms with E-state index in [1.165, 1.54) is 19.3 Å². The highest BCUT2D eigenvalue weighted by Crippen LogP contribution is 2.34. The molecule has 1 aromatic carbocycles. The lowest BCUT2D eigenvalue weighted by molar-refractivity contribution is 0.0636. The molecule has 2 rings (SSSR count). The molecule has 4 heteroatoms. The summed E-state index contributed by atoms with van der Waals surface area (Å²) in [5, 5.41) is 6.22. The van der Waals surface area contributed by atoms with Crippen molar-refractivity contribution in [1.82, 2.24) is 0 Å². The highest BCUT2D eigenvalue weighted by atomic mass is 16.6. The van der Waals surface area contributed by atoms with E-state index < -0.39 is 11.7 Å². The fourth-order valence-corrected chi connectivity index (χ4v) is 2.27. The zero-order chi connectivity index (χ0) is 15.5. The van der Waals surface area contributed by atoms with Crippen molar-refractivity contribution in [3.63, 3.8) is 0 Å². The molecule has 1 atom stereocenters. The van der Waals surface area contributed by atoms with Crippen LogP contribution in [0.2, 0.25) is 0 Å². The van der Waals surface area contributed by atoms with Crippen LogP contribution in [0.15, 0.2) is 24.3 Å². The molecular weight excluding hydrogens is 264 g/mol. The van der Waals surface area contributed by atoms with Gasteiger partial charge in [-0.2, -0.15) is 0 Å². The van der Waals surface area contributed by atoms with E-state index >= 15 is 0 Å². The first-order chi connectivity index (χ1) is 9.82. The lowest BCUT2D eigenvalue weighted by atomic mass is 10.1. The van der Waals surface area contributed by atoms with E-state index in [1.807, 2.05) is 45.0 Å². The van der Waals surface area contributed by atoms with Gasteiger partial charge in [-0.3, -0.25) is 5.32 Å². The Morgan fingerprint density at radius 2 is 1.81 bits per heavy atom. The average molecular weight is 290 g/mol. The molecule has 0 bridgehead atoms. The molecule has 1 aromatic rings. The number of ether oxygens (including phenoxy) is 1. The molecule has 1 unspecified atom stereocenters. The minimum absolute atomic E-state index is 0.426. The van der Waals surface area contributed by atoms with Crippen LogP contribution in [-0.4, -0.2) is 17.7 Å². The molecule has 0 heterocycles. The fraction of sp³-hybridized carbons (Fsp3) is 0.588. The molecular formula is C17H26N2O2. The molecule has 0 spiro atoms. The van der Waals surface area contributed by atoms with Crippen LogP contribution >= 0.6 is 0 Å². The Bertz CT molecular complexity index is 473. The standard InChI is InChI=1S/C17H26N2O2/c1-12(11-13-5-6-13)18-14-7-9-15(10-8-14)19-16(20)21-17(2,3)4/h7-10,12-13,18H,5-6,11H2,1-4H3,(H,19,20). The second-order valence-electron chi connectivity index (χ2n) is 6.93. The van der Waals surface area contributed by atoms with Crippen LogP contribution in [0.25, 0.3) is 0 Å². The molecule has 21 heavy (non-hydrogen) atoms. The Balaban J connectivity index is 1.82. The van der Waals surface area contributed by atoms with Gasteiger partial charge in [-0.1, -0.05) is 12.8 Å². The monoisotopic (exact) mass is 290 g/mol. The Morgan fingerprint density at radius 3 is 2.33 bits per heavy atom. The van der Waals surface area contributed by atoms with E-state index in [4.69, 9.17) is 4.74 Å². The second kappa shape index (κ2) is 6.37. The van der Waals surface area contributed by atoms with Crippen LogP contribution in [0.5, 0.6) is 0 Å². The number of carbonyl (C=O) groups excluding carboxylic acids is 1. The quantitative estimate of drug-likeness (QED) is 0.831. The van der Waals surface area contributed by atoms with Crippen molar-refractivity contribution in [2.24, 2.45) is 5.92 Å². The maximum atomic E-state index is 11.7. The first kappa shape index (κ1) is 15.7. The number of carbonyl (C=O) groups is 1. The third kappa shape index (κ3) is 6.06. The topological polar surface area (TPSA) is 50.4 Å². The summed E-state index contributed by atoms with van der Waals surface area (Å²) in [6.45, 7) is 7.76. The van der Waals surface area contributed by atoms with E-state index in [1.54, 1.807) is 0 Å². The summed E-state index contributed by atoms with van der Waals surface area (Å²) < 4.78 is 5.22. The van der Waals surface area contributed by atoms with Gasteiger partial charge in [0, 0.05) is 17.4 Å². The van der Waals surface area contributed by atoms with Gasteiger partial charge >= 0.3 is 6.09 Å². The zero-order valence-corrected chi connectivity index (χ0v) is 13.4. The molecule has 1 aliphatic rings. The molecule has 4 nitrogen and oxygen atoms in total. The fourth-order valence-electron chi connectivity index (χ4n) is 2.27. The van der Waals surface area contributed by atoms with Crippen molar-refractivity contribution in [3.8, 4) is 0 Å². The summed E-state index contributed by atoms with van der Waals surface area (Å²) in [5.74, 6) is 0.917. The first-order valence-electron chi connectivity index (χ1n) is 7.68. The number of amides is 1. The molecule has 2 N–H and O–H groups in total. The van der Waals surface area contributed by atoms with Gasteiger partial charge in [0.2, 0.25) is 0 Å². The van der Waals surface area contributed by atoms with Crippen LogP contribution in [0.4, 0.5) is 16.2 Å². The van der Waals surface area contributed by atoms with Crippen molar-refractivity contribution < 1.29 is 9.53 Å². The van der Waals surface area contributed by atoms with Gasteiger partial charge in [0.1, 0.15) is 5.60 Å². The Morgan fingerprint density at radius 1 is 1.24 bits per heavy atom. The van der Waals surface area contributed by atoms with Crippen molar-refractivity contribution in [2.45, 2.75) is 58.6 Å². The number of nitrogens with one attached hydrogen (secondary N) is 2. The Labute approximate surface area is 127 Å². The Hall–Kier alpha value is -1.71. The number of anilines is 2. The van der Waals surface area contributed by atoms with E-state index in [2.05, 4.69) is 17.6 Å². The molecule has 0 radical (unpaired) electrons. The average Bonchev–Trinajstić information content (AvgIpc) is 3.13. The smallest absolute Gasteiger partial charge is 0.412 e. The number of hydrogen-bond donors (Lipinski definition) is 2. The van der Waals surface area contributed by atoms with Gasteiger partial charge in [-0.05, 0) is 64.3 Å². The number of hydrogen-bond acceptors (Lipinski definition) is 3. The summed E-state index contributed by atoms with van der Waals surface area (Å²) >= 11 is 0. The van der Waals surface area contributed by atoms with E-state index in [0.717, 1.165) is 17.3 Å². The lowest BCUT2D eigenvalue weighted by Gasteiger charge is -2.20. The molecule has 116 valence electrons. The SMILES string of the molecule is CC(CC1CC1)Nc1ccc(NC(=O)OC(C)(C)C)cc1. The number of rotatable bonds is 5. The minimum atomic E-state index is -0.482. The maximum Gasteiger partial charge on any atom is 0.412 e. The highest BCUT2D eigenvalue weighted by Gasteiger charge is 2.23. The zero-order valence-electron chi connectivity index (χ0n) is 13.4. The van der Waals surface area contributed by atoms with Crippen molar-refractivity contribution >= 4 is 17.5 Å². The molecule has 0 aliphatic heterocycles. The lowest BCUT2D eigenvalue weighted by Crippen LogP contribution is -2.27. The maximum absolute atomic E-state index is 11.7. The third-order valence-corrected chi connectivity index (χ3v) is 3.33.